The second-order valence-electron chi connectivity index (χ2n) is 9.96. The van der Waals surface area contributed by atoms with Crippen LogP contribution in [0.4, 0.5) is 0 Å². The molecule has 0 aliphatic carbocycles. The van der Waals surface area contributed by atoms with Crippen LogP contribution in [-0.4, -0.2) is 37.3 Å². The van der Waals surface area contributed by atoms with E-state index in [0.717, 1.165) is 46.1 Å². The number of nitrogens with zero attached hydrogens (tertiary/aromatic N) is 4. The van der Waals surface area contributed by atoms with Gasteiger partial charge in [-0.2, -0.15) is 0 Å². The summed E-state index contributed by atoms with van der Waals surface area (Å²) in [6.07, 6.45) is 5.14. The number of aliphatic imine (C=N–C) groups is 1. The van der Waals surface area contributed by atoms with Gasteiger partial charge >= 0.3 is 5.97 Å². The largest absolute Gasteiger partial charge is 0.460 e. The third kappa shape index (κ3) is 5.42. The van der Waals surface area contributed by atoms with Crippen molar-refractivity contribution in [1.29, 1.82) is 0 Å². The van der Waals surface area contributed by atoms with E-state index in [1.807, 2.05) is 43.8 Å². The Labute approximate surface area is 215 Å². The highest BCUT2D eigenvalue weighted by atomic mass is 32.1. The zero-order valence-electron chi connectivity index (χ0n) is 21.6. The van der Waals surface area contributed by atoms with Gasteiger partial charge in [0.1, 0.15) is 22.5 Å². The summed E-state index contributed by atoms with van der Waals surface area (Å²) < 4.78 is 7.67. The van der Waals surface area contributed by atoms with E-state index >= 15 is 0 Å². The monoisotopic (exact) mass is 507 g/mol. The summed E-state index contributed by atoms with van der Waals surface area (Å²) in [5.41, 5.74) is 6.69. The van der Waals surface area contributed by atoms with Crippen molar-refractivity contribution in [2.75, 3.05) is 0 Å². The third-order valence-corrected chi connectivity index (χ3v) is 7.23. The van der Waals surface area contributed by atoms with Gasteiger partial charge in [0.25, 0.3) is 0 Å². The molecule has 3 heterocycles. The van der Waals surface area contributed by atoms with Gasteiger partial charge in [0.05, 0.1) is 12.1 Å². The number of benzene rings is 1. The Morgan fingerprint density at radius 3 is 2.58 bits per heavy atom. The molecule has 4 rings (SSSR count). The first-order chi connectivity index (χ1) is 17.1. The molecule has 0 unspecified atom stereocenters. The molecular weight excluding hydrogens is 474 g/mol. The summed E-state index contributed by atoms with van der Waals surface area (Å²) >= 11 is 1.69. The Kier molecular flexibility index (Phi) is 7.42. The molecule has 1 aliphatic rings. The molecule has 1 aromatic carbocycles. The van der Waals surface area contributed by atoms with Crippen LogP contribution in [0.1, 0.15) is 78.4 Å². The average molecular weight is 508 g/mol. The summed E-state index contributed by atoms with van der Waals surface area (Å²) in [6, 6.07) is 7.85. The number of fused-ring (bicyclic) bond motifs is 3. The number of hydrogen-bond donors (Lipinski definition) is 2. The van der Waals surface area contributed by atoms with E-state index in [4.69, 9.17) is 14.9 Å². The van der Waals surface area contributed by atoms with E-state index in [0.29, 0.717) is 5.82 Å². The molecule has 0 radical (unpaired) electrons. The van der Waals surface area contributed by atoms with Crippen LogP contribution in [0.15, 0.2) is 41.5 Å². The van der Waals surface area contributed by atoms with Crippen molar-refractivity contribution in [3.8, 4) is 5.00 Å². The van der Waals surface area contributed by atoms with Crippen LogP contribution in [-0.2, 0) is 16.0 Å². The molecule has 9 heteroatoms. The minimum atomic E-state index is -0.581. The first-order valence-electron chi connectivity index (χ1n) is 12.0. The maximum absolute atomic E-state index is 12.9. The van der Waals surface area contributed by atoms with Crippen molar-refractivity contribution < 1.29 is 14.7 Å². The number of aromatic nitrogens is 3. The van der Waals surface area contributed by atoms with E-state index in [-0.39, 0.29) is 12.4 Å². The van der Waals surface area contributed by atoms with Crippen LogP contribution in [0.5, 0.6) is 0 Å². The molecular formula is C27H33N5O3S. The summed E-state index contributed by atoms with van der Waals surface area (Å²) in [4.78, 5) is 19.2. The summed E-state index contributed by atoms with van der Waals surface area (Å²) in [6.45, 7) is 11.7. The molecule has 2 N–H and O–H groups in total. The number of thiophene rings is 1. The fraction of sp³-hybridized carbons (Fsp3) is 0.407. The highest BCUT2D eigenvalue weighted by Gasteiger charge is 2.33. The van der Waals surface area contributed by atoms with Crippen molar-refractivity contribution in [1.82, 2.24) is 20.2 Å². The van der Waals surface area contributed by atoms with Crippen LogP contribution >= 0.6 is 11.3 Å². The number of esters is 1. The molecule has 1 aliphatic heterocycles. The number of ether oxygens (including phenoxy) is 1. The summed E-state index contributed by atoms with van der Waals surface area (Å²) in [5, 5.41) is 18.5. The van der Waals surface area contributed by atoms with Crippen molar-refractivity contribution in [2.45, 2.75) is 72.4 Å². The number of allylic oxidation sites excluding steroid dienone is 1. The standard InChI is InChI=1S/C27H33N5O3S/c1-16-17(2)36-26-23(16)24(20-12-10-19(11-13-20)9-7-8-14-28-34)29-21(15-22(33)35-27(4,5)6)25-31-30-18(3)32(25)26/h8,10-14,21,28,34H,7,9,15H2,1-6H3/b14-8-/t21-/m0/s1. The normalized spacial score (nSPS) is 15.3. The minimum absolute atomic E-state index is 0.0786. The van der Waals surface area contributed by atoms with Crippen LogP contribution < -0.4 is 5.48 Å². The average Bonchev–Trinajstić information content (AvgIpc) is 3.28. The highest BCUT2D eigenvalue weighted by molar-refractivity contribution is 7.15. The van der Waals surface area contributed by atoms with Crippen molar-refractivity contribution in [3.63, 3.8) is 0 Å². The van der Waals surface area contributed by atoms with E-state index in [1.165, 1.54) is 16.6 Å². The number of rotatable bonds is 7. The Morgan fingerprint density at radius 2 is 1.92 bits per heavy atom. The lowest BCUT2D eigenvalue weighted by atomic mass is 9.98. The summed E-state index contributed by atoms with van der Waals surface area (Å²) in [7, 11) is 0. The lowest BCUT2D eigenvalue weighted by Crippen LogP contribution is -2.25. The molecule has 36 heavy (non-hydrogen) atoms. The molecule has 0 fully saturated rings. The van der Waals surface area contributed by atoms with Gasteiger partial charge in [0, 0.05) is 22.2 Å². The Hall–Kier alpha value is -3.30. The van der Waals surface area contributed by atoms with E-state index < -0.39 is 11.6 Å². The number of hydrogen-bond acceptors (Lipinski definition) is 8. The first kappa shape index (κ1) is 25.8. The molecule has 0 saturated carbocycles. The molecule has 1 atom stereocenters. The smallest absolute Gasteiger partial charge is 0.308 e. The quantitative estimate of drug-likeness (QED) is 0.332. The first-order valence-corrected chi connectivity index (χ1v) is 12.9. The van der Waals surface area contributed by atoms with E-state index in [9.17, 15) is 4.79 Å². The lowest BCUT2D eigenvalue weighted by Gasteiger charge is -2.21. The van der Waals surface area contributed by atoms with E-state index in [2.05, 4.69) is 48.3 Å². The SMILES string of the molecule is Cc1sc2c(c1C)C(c1ccc(CC/C=C\NO)cc1)=N[C@@H](CC(=O)OC(C)(C)C)c1nnc(C)n1-2. The number of hydroxylamine groups is 1. The number of carbonyl (C=O) groups excluding carboxylic acids is 1. The molecule has 0 amide bonds. The van der Waals surface area contributed by atoms with Gasteiger partial charge in [0.15, 0.2) is 5.82 Å². The number of aryl methyl sites for hydroxylation is 3. The minimum Gasteiger partial charge on any atom is -0.460 e. The molecule has 3 aromatic rings. The van der Waals surface area contributed by atoms with Gasteiger partial charge in [0.2, 0.25) is 0 Å². The third-order valence-electron chi connectivity index (χ3n) is 6.04. The molecule has 0 bridgehead atoms. The Morgan fingerprint density at radius 1 is 1.19 bits per heavy atom. The van der Waals surface area contributed by atoms with Gasteiger partial charge in [-0.05, 0) is 65.5 Å². The van der Waals surface area contributed by atoms with Crippen LogP contribution in [0.2, 0.25) is 0 Å². The maximum Gasteiger partial charge on any atom is 0.308 e. The zero-order chi connectivity index (χ0) is 26.0. The van der Waals surface area contributed by atoms with Crippen molar-refractivity contribution in [3.05, 3.63) is 75.3 Å². The number of nitrogens with one attached hydrogen (secondary N) is 1. The van der Waals surface area contributed by atoms with Crippen LogP contribution in [0.25, 0.3) is 5.00 Å². The second-order valence-corrected chi connectivity index (χ2v) is 11.2. The highest BCUT2D eigenvalue weighted by Crippen LogP contribution is 2.39. The van der Waals surface area contributed by atoms with Gasteiger partial charge in [-0.1, -0.05) is 30.3 Å². The topological polar surface area (TPSA) is 102 Å². The molecule has 2 aromatic heterocycles. The maximum atomic E-state index is 12.9. The Balaban J connectivity index is 1.78. The van der Waals surface area contributed by atoms with Gasteiger partial charge in [-0.3, -0.25) is 25.0 Å². The second kappa shape index (κ2) is 10.4. The predicted molar refractivity (Wildman–Crippen MR) is 141 cm³/mol. The molecule has 0 saturated heterocycles. The van der Waals surface area contributed by atoms with Gasteiger partial charge in [-0.15, -0.1) is 21.5 Å². The van der Waals surface area contributed by atoms with Crippen molar-refractivity contribution in [2.24, 2.45) is 4.99 Å². The van der Waals surface area contributed by atoms with Crippen molar-refractivity contribution >= 4 is 23.0 Å². The lowest BCUT2D eigenvalue weighted by molar-refractivity contribution is -0.155. The molecule has 190 valence electrons. The molecule has 8 nitrogen and oxygen atoms in total. The van der Waals surface area contributed by atoms with Crippen LogP contribution in [0.3, 0.4) is 0 Å². The predicted octanol–water partition coefficient (Wildman–Crippen LogP) is 5.30. The molecule has 0 spiro atoms. The van der Waals surface area contributed by atoms with E-state index in [1.54, 1.807) is 11.3 Å². The fourth-order valence-electron chi connectivity index (χ4n) is 4.28. The Bertz CT molecular complexity index is 1310. The van der Waals surface area contributed by atoms with Crippen LogP contribution in [0, 0.1) is 20.8 Å². The number of carbonyl (C=O) groups is 1. The van der Waals surface area contributed by atoms with Gasteiger partial charge in [-0.25, -0.2) is 0 Å². The zero-order valence-corrected chi connectivity index (χ0v) is 22.4. The fourth-order valence-corrected chi connectivity index (χ4v) is 5.50. The summed E-state index contributed by atoms with van der Waals surface area (Å²) in [5.74, 6) is 1.09. The van der Waals surface area contributed by atoms with Gasteiger partial charge < -0.3 is 4.74 Å².